The van der Waals surface area contributed by atoms with Gasteiger partial charge in [-0.3, -0.25) is 9.59 Å². The molecule has 24 heavy (non-hydrogen) atoms. The summed E-state index contributed by atoms with van der Waals surface area (Å²) in [5, 5.41) is 6.34. The first kappa shape index (κ1) is 21.2. The smallest absolute Gasteiger partial charge is 0.224 e. The van der Waals surface area contributed by atoms with Gasteiger partial charge in [-0.25, -0.2) is 0 Å². The average molecular weight is 360 g/mol. The highest BCUT2D eigenvalue weighted by Gasteiger charge is 2.22. The molecule has 2 unspecified atom stereocenters. The maximum atomic E-state index is 12.2. The zero-order valence-electron chi connectivity index (χ0n) is 15.0. The van der Waals surface area contributed by atoms with Gasteiger partial charge in [0.25, 0.3) is 0 Å². The molecule has 2 atom stereocenters. The summed E-state index contributed by atoms with van der Waals surface area (Å²) in [6.45, 7) is 6.55. The number of halogens is 1. The fourth-order valence-corrected chi connectivity index (χ4v) is 3.68. The minimum Gasteiger partial charge on any atom is -0.356 e. The summed E-state index contributed by atoms with van der Waals surface area (Å²) < 4.78 is 0. The number of likely N-dealkylation sites (tertiary alicyclic amines) is 1. The zero-order valence-corrected chi connectivity index (χ0v) is 15.8. The van der Waals surface area contributed by atoms with Crippen LogP contribution in [0.4, 0.5) is 0 Å². The Kier molecular flexibility index (Phi) is 10.3. The lowest BCUT2D eigenvalue weighted by Crippen LogP contribution is -2.37. The van der Waals surface area contributed by atoms with Gasteiger partial charge in [0, 0.05) is 32.5 Å². The Balaban J connectivity index is 0.00000288. The number of nitrogens with zero attached hydrogens (tertiary/aromatic N) is 1. The van der Waals surface area contributed by atoms with Crippen molar-refractivity contribution in [3.63, 3.8) is 0 Å². The maximum Gasteiger partial charge on any atom is 0.224 e. The Morgan fingerprint density at radius 3 is 2.50 bits per heavy atom. The van der Waals surface area contributed by atoms with E-state index in [2.05, 4.69) is 17.6 Å². The Bertz CT molecular complexity index is 378. The topological polar surface area (TPSA) is 61.4 Å². The van der Waals surface area contributed by atoms with E-state index in [-0.39, 0.29) is 24.2 Å². The van der Waals surface area contributed by atoms with Gasteiger partial charge >= 0.3 is 0 Å². The van der Waals surface area contributed by atoms with Crippen molar-refractivity contribution < 1.29 is 9.59 Å². The predicted octanol–water partition coefficient (Wildman–Crippen LogP) is 2.34. The average Bonchev–Trinajstić information content (AvgIpc) is 2.85. The maximum absolute atomic E-state index is 12.2. The minimum atomic E-state index is 0. The molecule has 2 N–H and O–H groups in total. The van der Waals surface area contributed by atoms with Gasteiger partial charge in [0.15, 0.2) is 0 Å². The first-order chi connectivity index (χ1) is 11.2. The molecule has 140 valence electrons. The van der Waals surface area contributed by atoms with E-state index in [4.69, 9.17) is 0 Å². The summed E-state index contributed by atoms with van der Waals surface area (Å²) in [7, 11) is 0. The van der Waals surface area contributed by atoms with Crippen LogP contribution in [0.5, 0.6) is 0 Å². The Morgan fingerprint density at radius 1 is 1.17 bits per heavy atom. The predicted molar refractivity (Wildman–Crippen MR) is 99.3 cm³/mol. The SMILES string of the molecule is CC(CC(=O)NCCC(=O)N1CCCCCC1)C1CCCNC1.Cl. The third-order valence-electron chi connectivity index (χ3n) is 5.27. The highest BCUT2D eigenvalue weighted by atomic mass is 35.5. The van der Waals surface area contributed by atoms with E-state index in [1.165, 1.54) is 25.7 Å². The molecular formula is C18H34ClN3O2. The van der Waals surface area contributed by atoms with Crippen molar-refractivity contribution >= 4 is 24.2 Å². The summed E-state index contributed by atoms with van der Waals surface area (Å²) in [4.78, 5) is 26.2. The molecule has 0 saturated carbocycles. The van der Waals surface area contributed by atoms with Crippen LogP contribution >= 0.6 is 12.4 Å². The van der Waals surface area contributed by atoms with Crippen molar-refractivity contribution in [2.45, 2.75) is 58.3 Å². The second-order valence-corrected chi connectivity index (χ2v) is 7.18. The normalized spacial score (nSPS) is 22.9. The summed E-state index contributed by atoms with van der Waals surface area (Å²) in [6.07, 6.45) is 8.13. The minimum absolute atomic E-state index is 0. The zero-order chi connectivity index (χ0) is 16.5. The van der Waals surface area contributed by atoms with Crippen LogP contribution in [-0.4, -0.2) is 49.4 Å². The van der Waals surface area contributed by atoms with Gasteiger partial charge in [-0.15, -0.1) is 12.4 Å². The summed E-state index contributed by atoms with van der Waals surface area (Å²) in [5.41, 5.74) is 0. The molecule has 2 heterocycles. The van der Waals surface area contributed by atoms with E-state index >= 15 is 0 Å². The van der Waals surface area contributed by atoms with Crippen molar-refractivity contribution in [3.05, 3.63) is 0 Å². The molecule has 0 spiro atoms. The van der Waals surface area contributed by atoms with E-state index in [0.29, 0.717) is 31.2 Å². The van der Waals surface area contributed by atoms with Crippen LogP contribution < -0.4 is 10.6 Å². The molecule has 0 aromatic carbocycles. The van der Waals surface area contributed by atoms with Crippen LogP contribution in [0.15, 0.2) is 0 Å². The van der Waals surface area contributed by atoms with E-state index < -0.39 is 0 Å². The quantitative estimate of drug-likeness (QED) is 0.765. The first-order valence-corrected chi connectivity index (χ1v) is 9.42. The number of carbonyl (C=O) groups is 2. The van der Waals surface area contributed by atoms with E-state index in [9.17, 15) is 9.59 Å². The Labute approximate surface area is 152 Å². The number of piperidine rings is 1. The molecule has 5 nitrogen and oxygen atoms in total. The molecule has 2 amide bonds. The largest absolute Gasteiger partial charge is 0.356 e. The molecule has 2 rings (SSSR count). The highest BCUT2D eigenvalue weighted by Crippen LogP contribution is 2.22. The molecule has 0 bridgehead atoms. The van der Waals surface area contributed by atoms with Gasteiger partial charge in [-0.2, -0.15) is 0 Å². The number of nitrogens with one attached hydrogen (secondary N) is 2. The third kappa shape index (κ3) is 7.39. The molecule has 2 aliphatic heterocycles. The molecular weight excluding hydrogens is 326 g/mol. The molecule has 2 saturated heterocycles. The van der Waals surface area contributed by atoms with E-state index in [0.717, 1.165) is 39.0 Å². The molecule has 2 fully saturated rings. The second kappa shape index (κ2) is 11.7. The first-order valence-electron chi connectivity index (χ1n) is 9.42. The fourth-order valence-electron chi connectivity index (χ4n) is 3.68. The molecule has 2 aliphatic rings. The van der Waals surface area contributed by atoms with Gasteiger partial charge in [0.1, 0.15) is 0 Å². The lowest BCUT2D eigenvalue weighted by Gasteiger charge is -2.28. The summed E-state index contributed by atoms with van der Waals surface area (Å²) in [6, 6.07) is 0. The number of amides is 2. The Hall–Kier alpha value is -0.810. The summed E-state index contributed by atoms with van der Waals surface area (Å²) in [5.74, 6) is 1.29. The lowest BCUT2D eigenvalue weighted by molar-refractivity contribution is -0.131. The molecule has 0 aromatic rings. The van der Waals surface area contributed by atoms with Crippen molar-refractivity contribution in [2.75, 3.05) is 32.7 Å². The van der Waals surface area contributed by atoms with Crippen molar-refractivity contribution in [3.8, 4) is 0 Å². The van der Waals surface area contributed by atoms with Gasteiger partial charge in [0.2, 0.25) is 11.8 Å². The van der Waals surface area contributed by atoms with Gasteiger partial charge < -0.3 is 15.5 Å². The molecule has 0 radical (unpaired) electrons. The second-order valence-electron chi connectivity index (χ2n) is 7.18. The van der Waals surface area contributed by atoms with Crippen LogP contribution in [0.25, 0.3) is 0 Å². The number of rotatable bonds is 6. The van der Waals surface area contributed by atoms with Crippen LogP contribution in [0.3, 0.4) is 0 Å². The third-order valence-corrected chi connectivity index (χ3v) is 5.27. The van der Waals surface area contributed by atoms with Crippen molar-refractivity contribution in [2.24, 2.45) is 11.8 Å². The Morgan fingerprint density at radius 2 is 1.88 bits per heavy atom. The highest BCUT2D eigenvalue weighted by molar-refractivity contribution is 5.85. The van der Waals surface area contributed by atoms with Crippen LogP contribution in [0, 0.1) is 11.8 Å². The van der Waals surface area contributed by atoms with Crippen LogP contribution in [0.1, 0.15) is 58.3 Å². The number of hydrogen-bond acceptors (Lipinski definition) is 3. The molecule has 0 aliphatic carbocycles. The number of carbonyl (C=O) groups excluding carboxylic acids is 2. The monoisotopic (exact) mass is 359 g/mol. The van der Waals surface area contributed by atoms with Crippen LogP contribution in [-0.2, 0) is 9.59 Å². The van der Waals surface area contributed by atoms with Gasteiger partial charge in [-0.1, -0.05) is 19.8 Å². The van der Waals surface area contributed by atoms with Gasteiger partial charge in [-0.05, 0) is 50.6 Å². The standard InChI is InChI=1S/C18H33N3O2.ClH/c1-15(16-7-6-9-19-14-16)13-17(22)20-10-8-18(23)21-11-4-2-3-5-12-21;/h15-16,19H,2-14H2,1H3,(H,20,22);1H. The van der Waals surface area contributed by atoms with Gasteiger partial charge in [0.05, 0.1) is 0 Å². The summed E-state index contributed by atoms with van der Waals surface area (Å²) >= 11 is 0. The van der Waals surface area contributed by atoms with E-state index in [1.54, 1.807) is 0 Å². The fraction of sp³-hybridized carbons (Fsp3) is 0.889. The molecule has 6 heteroatoms. The van der Waals surface area contributed by atoms with Crippen molar-refractivity contribution in [1.82, 2.24) is 15.5 Å². The van der Waals surface area contributed by atoms with Crippen molar-refractivity contribution in [1.29, 1.82) is 0 Å². The molecule has 0 aromatic heterocycles. The lowest BCUT2D eigenvalue weighted by atomic mass is 9.85. The number of hydrogen-bond donors (Lipinski definition) is 2. The van der Waals surface area contributed by atoms with E-state index in [1.807, 2.05) is 4.90 Å². The van der Waals surface area contributed by atoms with Crippen LogP contribution in [0.2, 0.25) is 0 Å².